The predicted molar refractivity (Wildman–Crippen MR) is 63.0 cm³/mol. The number of aliphatic hydroxyl groups is 1. The Hall–Kier alpha value is -0.410. The van der Waals surface area contributed by atoms with Crippen LogP contribution in [-0.4, -0.2) is 15.7 Å². The second-order valence-electron chi connectivity index (χ2n) is 4.56. The molecule has 2 rings (SSSR count). The molecule has 1 saturated carbocycles. The number of hydrogen-bond acceptors (Lipinski definition) is 3. The zero-order valence-corrected chi connectivity index (χ0v) is 10.1. The van der Waals surface area contributed by atoms with Gasteiger partial charge < -0.3 is 5.11 Å². The van der Waals surface area contributed by atoms with E-state index in [1.165, 1.54) is 19.3 Å². The van der Waals surface area contributed by atoms with Crippen molar-refractivity contribution < 1.29 is 5.11 Å². The van der Waals surface area contributed by atoms with Crippen LogP contribution >= 0.6 is 11.3 Å². The molecule has 3 heteroatoms. The van der Waals surface area contributed by atoms with E-state index in [4.69, 9.17) is 0 Å². The van der Waals surface area contributed by atoms with E-state index < -0.39 is 5.60 Å². The van der Waals surface area contributed by atoms with Gasteiger partial charge in [0, 0.05) is 18.0 Å². The number of aromatic nitrogens is 1. The van der Waals surface area contributed by atoms with E-state index in [0.29, 0.717) is 5.92 Å². The molecule has 0 radical (unpaired) electrons. The molecular formula is C12H19NOS. The van der Waals surface area contributed by atoms with Gasteiger partial charge in [-0.25, -0.2) is 4.98 Å². The number of thiazole rings is 1. The molecule has 1 N–H and O–H groups in total. The van der Waals surface area contributed by atoms with E-state index in [2.05, 4.69) is 11.9 Å². The summed E-state index contributed by atoms with van der Waals surface area (Å²) in [6, 6.07) is 0. The van der Waals surface area contributed by atoms with E-state index in [-0.39, 0.29) is 0 Å². The van der Waals surface area contributed by atoms with Crippen molar-refractivity contribution in [2.45, 2.75) is 51.0 Å². The third-order valence-corrected chi connectivity index (χ3v) is 4.39. The summed E-state index contributed by atoms with van der Waals surface area (Å²) in [6.07, 6.45) is 8.23. The maximum atomic E-state index is 10.7. The molecule has 2 atom stereocenters. The third kappa shape index (κ3) is 2.40. The molecule has 0 spiro atoms. The fourth-order valence-corrected chi connectivity index (χ4v) is 3.45. The Morgan fingerprint density at radius 1 is 1.60 bits per heavy atom. The standard InChI is InChI=1S/C12H19NOS/c1-2-10-5-3-4-6-12(10,14)9-11-13-7-8-15-11/h7-8,10,14H,2-6,9H2,1H3. The average molecular weight is 225 g/mol. The van der Waals surface area contributed by atoms with Gasteiger partial charge in [-0.05, 0) is 18.8 Å². The van der Waals surface area contributed by atoms with Crippen LogP contribution in [0.1, 0.15) is 44.0 Å². The second kappa shape index (κ2) is 4.62. The summed E-state index contributed by atoms with van der Waals surface area (Å²) < 4.78 is 0. The fourth-order valence-electron chi connectivity index (χ4n) is 2.71. The van der Waals surface area contributed by atoms with Gasteiger partial charge in [-0.3, -0.25) is 0 Å². The summed E-state index contributed by atoms with van der Waals surface area (Å²) in [5.41, 5.74) is -0.481. The molecule has 0 aromatic carbocycles. The molecule has 1 aromatic rings. The zero-order chi connectivity index (χ0) is 10.7. The lowest BCUT2D eigenvalue weighted by atomic mass is 9.72. The summed E-state index contributed by atoms with van der Waals surface area (Å²) in [5, 5.41) is 13.7. The summed E-state index contributed by atoms with van der Waals surface area (Å²) in [5.74, 6) is 0.468. The lowest BCUT2D eigenvalue weighted by Gasteiger charge is -2.39. The minimum absolute atomic E-state index is 0.468. The highest BCUT2D eigenvalue weighted by atomic mass is 32.1. The first kappa shape index (κ1) is 11.1. The van der Waals surface area contributed by atoms with Crippen LogP contribution in [0.5, 0.6) is 0 Å². The van der Waals surface area contributed by atoms with Gasteiger partial charge >= 0.3 is 0 Å². The molecule has 2 unspecified atom stereocenters. The Labute approximate surface area is 95.4 Å². The Morgan fingerprint density at radius 2 is 2.47 bits per heavy atom. The maximum absolute atomic E-state index is 10.7. The molecule has 0 amide bonds. The molecule has 1 fully saturated rings. The van der Waals surface area contributed by atoms with Gasteiger partial charge in [0.2, 0.25) is 0 Å². The largest absolute Gasteiger partial charge is 0.389 e. The smallest absolute Gasteiger partial charge is 0.0953 e. The van der Waals surface area contributed by atoms with Crippen molar-refractivity contribution in [1.29, 1.82) is 0 Å². The number of hydrogen-bond donors (Lipinski definition) is 1. The van der Waals surface area contributed by atoms with E-state index in [1.807, 2.05) is 11.6 Å². The average Bonchev–Trinajstić information content (AvgIpc) is 2.70. The third-order valence-electron chi connectivity index (χ3n) is 3.61. The van der Waals surface area contributed by atoms with Crippen LogP contribution in [0, 0.1) is 5.92 Å². The molecule has 1 heterocycles. The van der Waals surface area contributed by atoms with Crippen molar-refractivity contribution >= 4 is 11.3 Å². The van der Waals surface area contributed by atoms with Crippen molar-refractivity contribution in [2.75, 3.05) is 0 Å². The molecule has 0 aliphatic heterocycles. The number of nitrogens with zero attached hydrogens (tertiary/aromatic N) is 1. The highest BCUT2D eigenvalue weighted by Gasteiger charge is 2.38. The highest BCUT2D eigenvalue weighted by molar-refractivity contribution is 7.09. The van der Waals surface area contributed by atoms with Gasteiger partial charge in [-0.2, -0.15) is 0 Å². The molecule has 0 saturated heterocycles. The van der Waals surface area contributed by atoms with Crippen molar-refractivity contribution in [3.63, 3.8) is 0 Å². The van der Waals surface area contributed by atoms with Gasteiger partial charge in [0.25, 0.3) is 0 Å². The van der Waals surface area contributed by atoms with Crippen LogP contribution < -0.4 is 0 Å². The molecule has 1 aliphatic rings. The van der Waals surface area contributed by atoms with Crippen molar-refractivity contribution in [3.8, 4) is 0 Å². The molecule has 2 nitrogen and oxygen atoms in total. The van der Waals surface area contributed by atoms with Crippen LogP contribution in [0.25, 0.3) is 0 Å². The van der Waals surface area contributed by atoms with E-state index in [9.17, 15) is 5.11 Å². The first-order chi connectivity index (χ1) is 7.24. The molecule has 0 bridgehead atoms. The molecule has 1 aromatic heterocycles. The lowest BCUT2D eigenvalue weighted by molar-refractivity contribution is -0.0491. The summed E-state index contributed by atoms with van der Waals surface area (Å²) >= 11 is 1.66. The molecular weight excluding hydrogens is 206 g/mol. The van der Waals surface area contributed by atoms with Crippen molar-refractivity contribution in [1.82, 2.24) is 4.98 Å². The minimum Gasteiger partial charge on any atom is -0.389 e. The lowest BCUT2D eigenvalue weighted by Crippen LogP contribution is -2.42. The van der Waals surface area contributed by atoms with E-state index in [1.54, 1.807) is 11.3 Å². The Kier molecular flexibility index (Phi) is 3.42. The first-order valence-corrected chi connectivity index (χ1v) is 6.73. The van der Waals surface area contributed by atoms with Crippen LogP contribution in [-0.2, 0) is 6.42 Å². The summed E-state index contributed by atoms with van der Waals surface area (Å²) in [4.78, 5) is 4.28. The first-order valence-electron chi connectivity index (χ1n) is 5.85. The topological polar surface area (TPSA) is 33.1 Å². The number of rotatable bonds is 3. The maximum Gasteiger partial charge on any atom is 0.0953 e. The molecule has 15 heavy (non-hydrogen) atoms. The Morgan fingerprint density at radius 3 is 3.13 bits per heavy atom. The van der Waals surface area contributed by atoms with Crippen LogP contribution in [0.15, 0.2) is 11.6 Å². The summed E-state index contributed by atoms with van der Waals surface area (Å²) in [7, 11) is 0. The summed E-state index contributed by atoms with van der Waals surface area (Å²) in [6.45, 7) is 2.18. The normalized spacial score (nSPS) is 31.7. The Balaban J connectivity index is 2.09. The van der Waals surface area contributed by atoms with Crippen LogP contribution in [0.2, 0.25) is 0 Å². The van der Waals surface area contributed by atoms with Gasteiger partial charge in [-0.1, -0.05) is 26.2 Å². The second-order valence-corrected chi connectivity index (χ2v) is 5.54. The highest BCUT2D eigenvalue weighted by Crippen LogP contribution is 2.38. The fraction of sp³-hybridized carbons (Fsp3) is 0.750. The molecule has 1 aliphatic carbocycles. The van der Waals surface area contributed by atoms with Crippen molar-refractivity contribution in [3.05, 3.63) is 16.6 Å². The van der Waals surface area contributed by atoms with E-state index in [0.717, 1.165) is 24.3 Å². The minimum atomic E-state index is -0.481. The van der Waals surface area contributed by atoms with Gasteiger partial charge in [0.05, 0.1) is 10.6 Å². The van der Waals surface area contributed by atoms with Gasteiger partial charge in [0.1, 0.15) is 0 Å². The monoisotopic (exact) mass is 225 g/mol. The van der Waals surface area contributed by atoms with Gasteiger partial charge in [0.15, 0.2) is 0 Å². The predicted octanol–water partition coefficient (Wildman–Crippen LogP) is 3.02. The van der Waals surface area contributed by atoms with Crippen molar-refractivity contribution in [2.24, 2.45) is 5.92 Å². The molecule has 84 valence electrons. The van der Waals surface area contributed by atoms with Gasteiger partial charge in [-0.15, -0.1) is 11.3 Å². The van der Waals surface area contributed by atoms with E-state index >= 15 is 0 Å². The quantitative estimate of drug-likeness (QED) is 0.857. The van der Waals surface area contributed by atoms with Crippen LogP contribution in [0.4, 0.5) is 0 Å². The zero-order valence-electron chi connectivity index (χ0n) is 9.28. The van der Waals surface area contributed by atoms with Crippen LogP contribution in [0.3, 0.4) is 0 Å². The Bertz CT molecular complexity index is 299. The SMILES string of the molecule is CCC1CCCCC1(O)Cc1nccs1.